The molecule has 1 fully saturated rings. The van der Waals surface area contributed by atoms with Crippen molar-refractivity contribution in [2.24, 2.45) is 5.92 Å². The molecule has 0 N–H and O–H groups in total. The Kier molecular flexibility index (Phi) is 6.26. The zero-order valence-electron chi connectivity index (χ0n) is 10.7. The van der Waals surface area contributed by atoms with Gasteiger partial charge in [-0.3, -0.25) is 0 Å². The molecule has 1 heterocycles. The molecule has 2 heteroatoms. The van der Waals surface area contributed by atoms with Crippen molar-refractivity contribution in [3.63, 3.8) is 0 Å². The van der Waals surface area contributed by atoms with E-state index < -0.39 is 0 Å². The Hall–Kier alpha value is -0.0800. The van der Waals surface area contributed by atoms with Crippen molar-refractivity contribution in [2.45, 2.75) is 52.6 Å². The van der Waals surface area contributed by atoms with Gasteiger partial charge in [0.2, 0.25) is 0 Å². The second-order valence-electron chi connectivity index (χ2n) is 5.12. The molecular formula is C13H27NO. The van der Waals surface area contributed by atoms with Crippen LogP contribution in [0.2, 0.25) is 0 Å². The largest absolute Gasteiger partial charge is 0.378 e. The third kappa shape index (κ3) is 5.53. The first kappa shape index (κ1) is 13.0. The van der Waals surface area contributed by atoms with Gasteiger partial charge in [-0.15, -0.1) is 0 Å². The minimum atomic E-state index is 0.533. The predicted molar refractivity (Wildman–Crippen MR) is 65.2 cm³/mol. The normalized spacial score (nSPS) is 20.0. The molecular weight excluding hydrogens is 186 g/mol. The number of piperidine rings is 1. The van der Waals surface area contributed by atoms with Crippen LogP contribution in [0.1, 0.15) is 46.5 Å². The second kappa shape index (κ2) is 7.24. The Morgan fingerprint density at radius 2 is 1.93 bits per heavy atom. The third-order valence-corrected chi connectivity index (χ3v) is 3.03. The van der Waals surface area contributed by atoms with Crippen LogP contribution in [0.15, 0.2) is 0 Å². The van der Waals surface area contributed by atoms with E-state index in [1.807, 2.05) is 0 Å². The van der Waals surface area contributed by atoms with Gasteiger partial charge in [0.15, 0.2) is 0 Å². The summed E-state index contributed by atoms with van der Waals surface area (Å²) in [4.78, 5) is 2.58. The quantitative estimate of drug-likeness (QED) is 0.672. The summed E-state index contributed by atoms with van der Waals surface area (Å²) in [7, 11) is 0. The zero-order chi connectivity index (χ0) is 11.1. The molecule has 1 rings (SSSR count). The Labute approximate surface area is 95.0 Å². The summed E-state index contributed by atoms with van der Waals surface area (Å²) in [6.45, 7) is 11.4. The first-order valence-electron chi connectivity index (χ1n) is 6.56. The number of unbranched alkanes of at least 4 members (excludes halogenated alkanes) is 1. The van der Waals surface area contributed by atoms with Crippen molar-refractivity contribution in [3.8, 4) is 0 Å². The van der Waals surface area contributed by atoms with Crippen molar-refractivity contribution in [2.75, 3.05) is 26.2 Å². The second-order valence-corrected chi connectivity index (χ2v) is 5.12. The lowest BCUT2D eigenvalue weighted by molar-refractivity contribution is -0.00455. The molecule has 15 heavy (non-hydrogen) atoms. The lowest BCUT2D eigenvalue weighted by Crippen LogP contribution is -2.37. The Balaban J connectivity index is 2.07. The van der Waals surface area contributed by atoms with Crippen LogP contribution in [-0.2, 0) is 4.74 Å². The summed E-state index contributed by atoms with van der Waals surface area (Å²) in [5, 5.41) is 0. The number of hydrogen-bond acceptors (Lipinski definition) is 2. The monoisotopic (exact) mass is 213 g/mol. The molecule has 2 nitrogen and oxygen atoms in total. The molecule has 1 aliphatic rings. The van der Waals surface area contributed by atoms with E-state index in [0.29, 0.717) is 12.0 Å². The third-order valence-electron chi connectivity index (χ3n) is 3.03. The molecule has 0 aromatic rings. The van der Waals surface area contributed by atoms with Gasteiger partial charge in [0, 0.05) is 19.7 Å². The van der Waals surface area contributed by atoms with Gasteiger partial charge in [-0.05, 0) is 31.7 Å². The van der Waals surface area contributed by atoms with E-state index in [4.69, 9.17) is 4.74 Å². The summed E-state index contributed by atoms with van der Waals surface area (Å²) in [6, 6.07) is 0. The van der Waals surface area contributed by atoms with Crippen LogP contribution >= 0.6 is 0 Å². The maximum Gasteiger partial charge on any atom is 0.0599 e. The van der Waals surface area contributed by atoms with E-state index in [9.17, 15) is 0 Å². The van der Waals surface area contributed by atoms with E-state index >= 15 is 0 Å². The average molecular weight is 213 g/mol. The van der Waals surface area contributed by atoms with Crippen molar-refractivity contribution >= 4 is 0 Å². The van der Waals surface area contributed by atoms with Gasteiger partial charge in [-0.2, -0.15) is 0 Å². The molecule has 0 saturated carbocycles. The Morgan fingerprint density at radius 1 is 1.27 bits per heavy atom. The molecule has 1 saturated heterocycles. The fraction of sp³-hybridized carbons (Fsp3) is 1.00. The van der Waals surface area contributed by atoms with Crippen molar-refractivity contribution < 1.29 is 4.74 Å². The van der Waals surface area contributed by atoms with Crippen LogP contribution in [0.3, 0.4) is 0 Å². The minimum Gasteiger partial charge on any atom is -0.378 e. The number of hydrogen-bond donors (Lipinski definition) is 0. The fourth-order valence-electron chi connectivity index (χ4n) is 2.01. The fourth-order valence-corrected chi connectivity index (χ4v) is 2.01. The highest BCUT2D eigenvalue weighted by atomic mass is 16.5. The summed E-state index contributed by atoms with van der Waals surface area (Å²) in [5.41, 5.74) is 0. The van der Waals surface area contributed by atoms with Gasteiger partial charge in [0.25, 0.3) is 0 Å². The molecule has 0 atom stereocenters. The van der Waals surface area contributed by atoms with Gasteiger partial charge >= 0.3 is 0 Å². The van der Waals surface area contributed by atoms with Crippen molar-refractivity contribution in [3.05, 3.63) is 0 Å². The number of ether oxygens (including phenoxy) is 1. The first-order valence-corrected chi connectivity index (χ1v) is 6.56. The highest BCUT2D eigenvalue weighted by Gasteiger charge is 2.19. The van der Waals surface area contributed by atoms with Gasteiger partial charge < -0.3 is 9.64 Å². The van der Waals surface area contributed by atoms with Gasteiger partial charge in [-0.1, -0.05) is 27.2 Å². The highest BCUT2D eigenvalue weighted by molar-refractivity contribution is 4.72. The first-order chi connectivity index (χ1) is 7.22. The lowest BCUT2D eigenvalue weighted by atomic mass is 10.1. The van der Waals surface area contributed by atoms with Crippen LogP contribution in [0.4, 0.5) is 0 Å². The highest BCUT2D eigenvalue weighted by Crippen LogP contribution is 2.15. The Morgan fingerprint density at radius 3 is 2.47 bits per heavy atom. The van der Waals surface area contributed by atoms with Crippen molar-refractivity contribution in [1.82, 2.24) is 4.90 Å². The molecule has 0 aliphatic carbocycles. The van der Waals surface area contributed by atoms with E-state index in [-0.39, 0.29) is 0 Å². The smallest absolute Gasteiger partial charge is 0.0599 e. The standard InChI is InChI=1S/C13H27NO/c1-4-5-8-14-9-6-13(7-10-14)15-11-12(2)3/h12-13H,4-11H2,1-3H3. The van der Waals surface area contributed by atoms with Gasteiger partial charge in [-0.25, -0.2) is 0 Å². The topological polar surface area (TPSA) is 12.5 Å². The van der Waals surface area contributed by atoms with Crippen LogP contribution in [-0.4, -0.2) is 37.2 Å². The molecule has 90 valence electrons. The van der Waals surface area contributed by atoms with Crippen LogP contribution < -0.4 is 0 Å². The predicted octanol–water partition coefficient (Wildman–Crippen LogP) is 2.92. The molecule has 1 aliphatic heterocycles. The van der Waals surface area contributed by atoms with Crippen molar-refractivity contribution in [1.29, 1.82) is 0 Å². The summed E-state index contributed by atoms with van der Waals surface area (Å²) in [5.74, 6) is 0.670. The molecule has 0 aromatic carbocycles. The van der Waals surface area contributed by atoms with Gasteiger partial charge in [0.05, 0.1) is 6.10 Å². The number of nitrogens with zero attached hydrogens (tertiary/aromatic N) is 1. The Bertz CT molecular complexity index is 151. The molecule has 0 unspecified atom stereocenters. The molecule has 0 radical (unpaired) electrons. The summed E-state index contributed by atoms with van der Waals surface area (Å²) >= 11 is 0. The molecule has 0 spiro atoms. The average Bonchev–Trinajstić information content (AvgIpc) is 2.25. The van der Waals surface area contributed by atoms with E-state index in [2.05, 4.69) is 25.7 Å². The molecule has 0 bridgehead atoms. The summed E-state index contributed by atoms with van der Waals surface area (Å²) < 4.78 is 5.87. The van der Waals surface area contributed by atoms with Gasteiger partial charge in [0.1, 0.15) is 0 Å². The minimum absolute atomic E-state index is 0.533. The van der Waals surface area contributed by atoms with Crippen LogP contribution in [0, 0.1) is 5.92 Å². The summed E-state index contributed by atoms with van der Waals surface area (Å²) in [6.07, 6.45) is 5.65. The van der Waals surface area contributed by atoms with E-state index in [1.54, 1.807) is 0 Å². The van der Waals surface area contributed by atoms with Crippen LogP contribution in [0.25, 0.3) is 0 Å². The maximum atomic E-state index is 5.87. The zero-order valence-corrected chi connectivity index (χ0v) is 10.7. The SMILES string of the molecule is CCCCN1CCC(OCC(C)C)CC1. The molecule has 0 amide bonds. The van der Waals surface area contributed by atoms with Crippen LogP contribution in [0.5, 0.6) is 0 Å². The lowest BCUT2D eigenvalue weighted by Gasteiger charge is -2.32. The number of likely N-dealkylation sites (tertiary alicyclic amines) is 1. The maximum absolute atomic E-state index is 5.87. The molecule has 0 aromatic heterocycles. The van der Waals surface area contributed by atoms with E-state index in [1.165, 1.54) is 45.3 Å². The number of rotatable bonds is 6. The van der Waals surface area contributed by atoms with E-state index in [0.717, 1.165) is 6.61 Å².